The second kappa shape index (κ2) is 6.14. The average molecular weight is 362 g/mol. The van der Waals surface area contributed by atoms with Gasteiger partial charge in [-0.1, -0.05) is 35.9 Å². The first-order valence-electron chi connectivity index (χ1n) is 7.92. The standard InChI is InChI=1S/C16H16ClN5OS/c1-2-4-13-18-19-16-22(13)20-15(24-16)10-7-14(23)21(9-10)12-6-3-5-11(17)8-12/h3,5-6,8,10H,2,4,7,9H2,1H3/t10-/m1/s1. The van der Waals surface area contributed by atoms with Crippen molar-refractivity contribution in [1.29, 1.82) is 0 Å². The molecule has 1 aliphatic heterocycles. The van der Waals surface area contributed by atoms with Gasteiger partial charge in [0.15, 0.2) is 5.82 Å². The molecule has 0 bridgehead atoms. The Morgan fingerprint density at radius 2 is 2.25 bits per heavy atom. The van der Waals surface area contributed by atoms with Gasteiger partial charge in [-0.05, 0) is 24.6 Å². The molecule has 3 aromatic rings. The highest BCUT2D eigenvalue weighted by molar-refractivity contribution is 7.16. The van der Waals surface area contributed by atoms with Crippen LogP contribution in [0.3, 0.4) is 0 Å². The maximum Gasteiger partial charge on any atom is 0.234 e. The van der Waals surface area contributed by atoms with Crippen molar-refractivity contribution >= 4 is 39.5 Å². The number of aromatic nitrogens is 4. The van der Waals surface area contributed by atoms with E-state index in [9.17, 15) is 4.79 Å². The Morgan fingerprint density at radius 3 is 3.04 bits per heavy atom. The van der Waals surface area contributed by atoms with E-state index in [2.05, 4.69) is 22.2 Å². The van der Waals surface area contributed by atoms with Gasteiger partial charge in [-0.25, -0.2) is 0 Å². The van der Waals surface area contributed by atoms with Crippen LogP contribution in [0.4, 0.5) is 5.69 Å². The van der Waals surface area contributed by atoms with E-state index in [0.717, 1.165) is 34.3 Å². The first-order chi connectivity index (χ1) is 11.7. The van der Waals surface area contributed by atoms with E-state index in [1.165, 1.54) is 11.3 Å². The molecule has 2 aromatic heterocycles. The topological polar surface area (TPSA) is 63.4 Å². The zero-order chi connectivity index (χ0) is 16.7. The summed E-state index contributed by atoms with van der Waals surface area (Å²) in [5.41, 5.74) is 0.838. The number of anilines is 1. The number of rotatable bonds is 4. The van der Waals surface area contributed by atoms with E-state index in [1.54, 1.807) is 11.0 Å². The lowest BCUT2D eigenvalue weighted by Gasteiger charge is -2.16. The molecule has 0 N–H and O–H groups in total. The van der Waals surface area contributed by atoms with E-state index in [0.29, 0.717) is 18.0 Å². The Bertz CT molecular complexity index is 905. The number of fused-ring (bicyclic) bond motifs is 1. The number of benzene rings is 1. The van der Waals surface area contributed by atoms with Crippen LogP contribution in [-0.4, -0.2) is 32.3 Å². The Balaban J connectivity index is 1.60. The summed E-state index contributed by atoms with van der Waals surface area (Å²) in [6, 6.07) is 7.39. The number of carbonyl (C=O) groups is 1. The van der Waals surface area contributed by atoms with Crippen molar-refractivity contribution in [3.8, 4) is 0 Å². The van der Waals surface area contributed by atoms with Crippen LogP contribution < -0.4 is 4.90 Å². The minimum absolute atomic E-state index is 0.0812. The second-order valence-corrected chi connectivity index (χ2v) is 7.31. The molecule has 0 aliphatic carbocycles. The Morgan fingerprint density at radius 1 is 1.38 bits per heavy atom. The summed E-state index contributed by atoms with van der Waals surface area (Å²) in [6.45, 7) is 2.72. The van der Waals surface area contributed by atoms with Crippen molar-refractivity contribution < 1.29 is 4.79 Å². The lowest BCUT2D eigenvalue weighted by atomic mass is 10.1. The average Bonchev–Trinajstić information content (AvgIpc) is 3.23. The van der Waals surface area contributed by atoms with Gasteiger partial charge in [-0.2, -0.15) is 9.61 Å². The zero-order valence-electron chi connectivity index (χ0n) is 13.1. The van der Waals surface area contributed by atoms with Gasteiger partial charge in [-0.3, -0.25) is 4.79 Å². The van der Waals surface area contributed by atoms with Crippen LogP contribution in [-0.2, 0) is 11.2 Å². The molecule has 3 heterocycles. The van der Waals surface area contributed by atoms with Crippen LogP contribution in [0.5, 0.6) is 0 Å². The van der Waals surface area contributed by atoms with Crippen molar-refractivity contribution in [2.45, 2.75) is 32.1 Å². The normalized spacial score (nSPS) is 18.0. The summed E-state index contributed by atoms with van der Waals surface area (Å²) in [7, 11) is 0. The highest BCUT2D eigenvalue weighted by atomic mass is 35.5. The van der Waals surface area contributed by atoms with Crippen LogP contribution in [0.15, 0.2) is 24.3 Å². The molecule has 1 atom stereocenters. The van der Waals surface area contributed by atoms with Crippen molar-refractivity contribution in [3.63, 3.8) is 0 Å². The van der Waals surface area contributed by atoms with Gasteiger partial charge in [0.25, 0.3) is 0 Å². The number of nitrogens with zero attached hydrogens (tertiary/aromatic N) is 5. The van der Waals surface area contributed by atoms with Gasteiger partial charge >= 0.3 is 0 Å². The SMILES string of the molecule is CCCc1nnc2sc([C@@H]3CC(=O)N(c4cccc(Cl)c4)C3)nn12. The van der Waals surface area contributed by atoms with E-state index in [-0.39, 0.29) is 11.8 Å². The number of amides is 1. The molecule has 24 heavy (non-hydrogen) atoms. The zero-order valence-corrected chi connectivity index (χ0v) is 14.7. The molecule has 0 saturated carbocycles. The van der Waals surface area contributed by atoms with E-state index < -0.39 is 0 Å². The molecule has 0 unspecified atom stereocenters. The Labute approximate surface area is 148 Å². The summed E-state index contributed by atoms with van der Waals surface area (Å²) in [6.07, 6.45) is 2.31. The quantitative estimate of drug-likeness (QED) is 0.715. The number of halogens is 1. The van der Waals surface area contributed by atoms with Gasteiger partial charge in [0.05, 0.1) is 0 Å². The van der Waals surface area contributed by atoms with E-state index >= 15 is 0 Å². The lowest BCUT2D eigenvalue weighted by Crippen LogP contribution is -2.24. The minimum atomic E-state index is 0.0812. The molecule has 1 aromatic carbocycles. The molecule has 8 heteroatoms. The third-order valence-corrected chi connectivity index (χ3v) is 5.44. The molecule has 1 saturated heterocycles. The van der Waals surface area contributed by atoms with Gasteiger partial charge in [0.1, 0.15) is 5.01 Å². The van der Waals surface area contributed by atoms with Gasteiger partial charge in [-0.15, -0.1) is 10.2 Å². The molecule has 1 amide bonds. The highest BCUT2D eigenvalue weighted by Crippen LogP contribution is 2.34. The van der Waals surface area contributed by atoms with E-state index in [1.807, 2.05) is 22.7 Å². The first-order valence-corrected chi connectivity index (χ1v) is 9.12. The van der Waals surface area contributed by atoms with Crippen LogP contribution in [0.2, 0.25) is 5.02 Å². The lowest BCUT2D eigenvalue weighted by molar-refractivity contribution is -0.117. The van der Waals surface area contributed by atoms with Crippen LogP contribution >= 0.6 is 22.9 Å². The molecular formula is C16H16ClN5OS. The predicted octanol–water partition coefficient (Wildman–Crippen LogP) is 3.31. The van der Waals surface area contributed by atoms with Crippen molar-refractivity contribution in [2.24, 2.45) is 0 Å². The smallest absolute Gasteiger partial charge is 0.234 e. The largest absolute Gasteiger partial charge is 0.312 e. The fourth-order valence-corrected chi connectivity index (χ4v) is 4.12. The monoisotopic (exact) mass is 361 g/mol. The molecule has 6 nitrogen and oxygen atoms in total. The first kappa shape index (κ1) is 15.5. The Hall–Kier alpha value is -1.99. The molecular weight excluding hydrogens is 346 g/mol. The number of hydrogen-bond acceptors (Lipinski definition) is 5. The van der Waals surface area contributed by atoms with Crippen LogP contribution in [0.1, 0.15) is 36.5 Å². The maximum absolute atomic E-state index is 12.4. The van der Waals surface area contributed by atoms with Crippen LogP contribution in [0, 0.1) is 0 Å². The van der Waals surface area contributed by atoms with Gasteiger partial charge in [0.2, 0.25) is 10.9 Å². The molecule has 0 radical (unpaired) electrons. The molecule has 0 spiro atoms. The predicted molar refractivity (Wildman–Crippen MR) is 93.8 cm³/mol. The number of hydrogen-bond donors (Lipinski definition) is 0. The van der Waals surface area contributed by atoms with Crippen molar-refractivity contribution in [3.05, 3.63) is 40.1 Å². The minimum Gasteiger partial charge on any atom is -0.312 e. The summed E-state index contributed by atoms with van der Waals surface area (Å²) in [4.78, 5) is 15.0. The summed E-state index contributed by atoms with van der Waals surface area (Å²) >= 11 is 7.56. The Kier molecular flexibility index (Phi) is 3.97. The third-order valence-electron chi connectivity index (χ3n) is 4.14. The van der Waals surface area contributed by atoms with Crippen molar-refractivity contribution in [2.75, 3.05) is 11.4 Å². The molecule has 4 rings (SSSR count). The van der Waals surface area contributed by atoms with Crippen LogP contribution in [0.25, 0.3) is 4.96 Å². The maximum atomic E-state index is 12.4. The fourth-order valence-electron chi connectivity index (χ4n) is 2.98. The number of carbonyl (C=O) groups excluding carboxylic acids is 1. The van der Waals surface area contributed by atoms with E-state index in [4.69, 9.17) is 11.6 Å². The number of aryl methyl sites for hydroxylation is 1. The summed E-state index contributed by atoms with van der Waals surface area (Å²) in [5.74, 6) is 1.06. The third kappa shape index (κ3) is 2.67. The van der Waals surface area contributed by atoms with Crippen molar-refractivity contribution in [1.82, 2.24) is 19.8 Å². The summed E-state index contributed by atoms with van der Waals surface area (Å²) in [5, 5.41) is 14.6. The molecule has 1 fully saturated rings. The highest BCUT2D eigenvalue weighted by Gasteiger charge is 2.34. The van der Waals surface area contributed by atoms with Gasteiger partial charge < -0.3 is 4.90 Å². The second-order valence-electron chi connectivity index (χ2n) is 5.89. The molecule has 124 valence electrons. The van der Waals surface area contributed by atoms with Gasteiger partial charge in [0, 0.05) is 36.0 Å². The fraction of sp³-hybridized carbons (Fsp3) is 0.375. The molecule has 1 aliphatic rings. The summed E-state index contributed by atoms with van der Waals surface area (Å²) < 4.78 is 1.82.